The van der Waals surface area contributed by atoms with Crippen LogP contribution in [-0.2, 0) is 4.74 Å². The third-order valence-corrected chi connectivity index (χ3v) is 3.09. The molecule has 1 aromatic rings. The Morgan fingerprint density at radius 2 is 1.80 bits per heavy atom. The summed E-state index contributed by atoms with van der Waals surface area (Å²) >= 11 is 0. The number of nitrogens with zero attached hydrogens (tertiary/aromatic N) is 2. The number of rotatable bonds is 7. The predicted octanol–water partition coefficient (Wildman–Crippen LogP) is 2.10. The first kappa shape index (κ1) is 20.6. The van der Waals surface area contributed by atoms with Gasteiger partial charge in [-0.15, -0.1) is 0 Å². The van der Waals surface area contributed by atoms with Gasteiger partial charge in [0.15, 0.2) is 5.96 Å². The lowest BCUT2D eigenvalue weighted by molar-refractivity contribution is 0.0529. The van der Waals surface area contributed by atoms with E-state index in [0.29, 0.717) is 26.2 Å². The third-order valence-electron chi connectivity index (χ3n) is 3.09. The second kappa shape index (κ2) is 10.4. The molecule has 7 heteroatoms. The Hall–Kier alpha value is -2.44. The zero-order chi connectivity index (χ0) is 18.7. The van der Waals surface area contributed by atoms with Gasteiger partial charge in [0.1, 0.15) is 18.0 Å². The van der Waals surface area contributed by atoms with Gasteiger partial charge in [-0.05, 0) is 32.9 Å². The third kappa shape index (κ3) is 9.44. The van der Waals surface area contributed by atoms with Crippen LogP contribution in [-0.4, -0.2) is 62.9 Å². The summed E-state index contributed by atoms with van der Waals surface area (Å²) in [5, 5.41) is 5.89. The lowest BCUT2D eigenvalue weighted by Crippen LogP contribution is -2.44. The molecular formula is C18H30N4O3. The summed E-state index contributed by atoms with van der Waals surface area (Å²) in [5.74, 6) is 1.59. The van der Waals surface area contributed by atoms with Gasteiger partial charge in [-0.25, -0.2) is 4.79 Å². The van der Waals surface area contributed by atoms with Crippen LogP contribution in [0, 0.1) is 0 Å². The Labute approximate surface area is 150 Å². The maximum absolute atomic E-state index is 11.6. The molecule has 0 aliphatic carbocycles. The number of ether oxygens (including phenoxy) is 2. The van der Waals surface area contributed by atoms with Crippen LogP contribution in [0.3, 0.4) is 0 Å². The first-order chi connectivity index (χ1) is 11.8. The van der Waals surface area contributed by atoms with Crippen LogP contribution in [0.15, 0.2) is 35.3 Å². The molecule has 0 aromatic heterocycles. The van der Waals surface area contributed by atoms with E-state index in [1.54, 1.807) is 7.05 Å². The number of aliphatic imine (C=N–C) groups is 1. The van der Waals surface area contributed by atoms with E-state index in [-0.39, 0.29) is 0 Å². The van der Waals surface area contributed by atoms with E-state index in [9.17, 15) is 4.79 Å². The summed E-state index contributed by atoms with van der Waals surface area (Å²) in [5.41, 5.74) is -0.494. The van der Waals surface area contributed by atoms with Crippen molar-refractivity contribution in [2.45, 2.75) is 26.4 Å². The molecule has 1 aromatic carbocycles. The Kier molecular flexibility index (Phi) is 8.60. The van der Waals surface area contributed by atoms with Crippen molar-refractivity contribution < 1.29 is 14.3 Å². The molecule has 0 heterocycles. The lowest BCUT2D eigenvalue weighted by atomic mass is 10.2. The summed E-state index contributed by atoms with van der Waals surface area (Å²) < 4.78 is 10.9. The zero-order valence-electron chi connectivity index (χ0n) is 15.8. The smallest absolute Gasteiger partial charge is 0.407 e. The molecule has 0 saturated heterocycles. The quantitative estimate of drug-likeness (QED) is 0.447. The van der Waals surface area contributed by atoms with Crippen LogP contribution in [0.1, 0.15) is 20.8 Å². The van der Waals surface area contributed by atoms with Crippen LogP contribution >= 0.6 is 0 Å². The maximum atomic E-state index is 11.6. The van der Waals surface area contributed by atoms with E-state index >= 15 is 0 Å². The molecule has 140 valence electrons. The number of hydrogen-bond acceptors (Lipinski definition) is 4. The second-order valence-electron chi connectivity index (χ2n) is 6.49. The van der Waals surface area contributed by atoms with Crippen molar-refractivity contribution >= 4 is 12.1 Å². The Bertz CT molecular complexity index is 541. The summed E-state index contributed by atoms with van der Waals surface area (Å²) in [4.78, 5) is 17.8. The van der Waals surface area contributed by atoms with Crippen molar-refractivity contribution in [1.82, 2.24) is 15.5 Å². The number of benzene rings is 1. The SMILES string of the molecule is CN=C(NCCNC(=O)OC(C)(C)C)N(C)CCOc1ccccc1. The number of guanidine groups is 1. The molecular weight excluding hydrogens is 320 g/mol. The fourth-order valence-electron chi connectivity index (χ4n) is 1.96. The first-order valence-corrected chi connectivity index (χ1v) is 8.38. The lowest BCUT2D eigenvalue weighted by Gasteiger charge is -2.23. The minimum absolute atomic E-state index is 0.422. The van der Waals surface area contributed by atoms with Crippen molar-refractivity contribution in [2.24, 2.45) is 4.99 Å². The first-order valence-electron chi connectivity index (χ1n) is 8.38. The molecule has 0 radical (unpaired) electrons. The zero-order valence-corrected chi connectivity index (χ0v) is 15.8. The summed E-state index contributed by atoms with van der Waals surface area (Å²) in [7, 11) is 3.66. The number of para-hydroxylation sites is 1. The van der Waals surface area contributed by atoms with Crippen LogP contribution in [0.2, 0.25) is 0 Å². The average molecular weight is 350 g/mol. The number of carbonyl (C=O) groups is 1. The standard InChI is InChI=1S/C18H30N4O3/c1-18(2,3)25-17(23)21-12-11-20-16(19-4)22(5)13-14-24-15-9-7-6-8-10-15/h6-10H,11-14H2,1-5H3,(H,19,20)(H,21,23). The largest absolute Gasteiger partial charge is 0.492 e. The highest BCUT2D eigenvalue weighted by molar-refractivity contribution is 5.79. The Morgan fingerprint density at radius 1 is 1.16 bits per heavy atom. The second-order valence-corrected chi connectivity index (χ2v) is 6.49. The van der Waals surface area contributed by atoms with Crippen molar-refractivity contribution in [3.8, 4) is 5.75 Å². The highest BCUT2D eigenvalue weighted by Crippen LogP contribution is 2.08. The fraction of sp³-hybridized carbons (Fsp3) is 0.556. The summed E-state index contributed by atoms with van der Waals surface area (Å²) in [6.07, 6.45) is -0.422. The normalized spacial score (nSPS) is 11.6. The predicted molar refractivity (Wildman–Crippen MR) is 100 cm³/mol. The molecule has 0 bridgehead atoms. The van der Waals surface area contributed by atoms with Crippen LogP contribution in [0.25, 0.3) is 0 Å². The molecule has 0 atom stereocenters. The summed E-state index contributed by atoms with van der Waals surface area (Å²) in [6.45, 7) is 7.74. The molecule has 0 spiro atoms. The minimum atomic E-state index is -0.494. The van der Waals surface area contributed by atoms with E-state index in [1.165, 1.54) is 0 Å². The molecule has 1 rings (SSSR count). The van der Waals surface area contributed by atoms with Gasteiger partial charge in [0.2, 0.25) is 0 Å². The molecule has 0 saturated carbocycles. The minimum Gasteiger partial charge on any atom is -0.492 e. The molecule has 0 fully saturated rings. The molecule has 7 nitrogen and oxygen atoms in total. The van der Waals surface area contributed by atoms with Gasteiger partial charge in [0, 0.05) is 27.2 Å². The van der Waals surface area contributed by atoms with Gasteiger partial charge < -0.3 is 25.0 Å². The van der Waals surface area contributed by atoms with Gasteiger partial charge in [-0.1, -0.05) is 18.2 Å². The number of likely N-dealkylation sites (N-methyl/N-ethyl adjacent to an activating group) is 1. The summed E-state index contributed by atoms with van der Waals surface area (Å²) in [6, 6.07) is 9.69. The van der Waals surface area contributed by atoms with E-state index in [1.807, 2.05) is 63.1 Å². The van der Waals surface area contributed by atoms with Gasteiger partial charge in [-0.3, -0.25) is 4.99 Å². The number of alkyl carbamates (subject to hydrolysis) is 1. The van der Waals surface area contributed by atoms with Crippen LogP contribution in [0.4, 0.5) is 4.79 Å². The number of hydrogen-bond donors (Lipinski definition) is 2. The number of nitrogens with one attached hydrogen (secondary N) is 2. The molecule has 25 heavy (non-hydrogen) atoms. The topological polar surface area (TPSA) is 75.2 Å². The van der Waals surface area contributed by atoms with Crippen molar-refractivity contribution in [3.63, 3.8) is 0 Å². The molecule has 2 N–H and O–H groups in total. The van der Waals surface area contributed by atoms with Crippen molar-refractivity contribution in [2.75, 3.05) is 40.3 Å². The van der Waals surface area contributed by atoms with E-state index in [4.69, 9.17) is 9.47 Å². The van der Waals surface area contributed by atoms with Crippen molar-refractivity contribution in [1.29, 1.82) is 0 Å². The Balaban J connectivity index is 2.23. The monoisotopic (exact) mass is 350 g/mol. The molecule has 0 aliphatic heterocycles. The maximum Gasteiger partial charge on any atom is 0.407 e. The Morgan fingerprint density at radius 3 is 2.40 bits per heavy atom. The van der Waals surface area contributed by atoms with Gasteiger partial charge in [0.25, 0.3) is 0 Å². The van der Waals surface area contributed by atoms with Crippen molar-refractivity contribution in [3.05, 3.63) is 30.3 Å². The number of amides is 1. The fourth-order valence-corrected chi connectivity index (χ4v) is 1.96. The van der Waals surface area contributed by atoms with E-state index < -0.39 is 11.7 Å². The molecule has 1 amide bonds. The van der Waals surface area contributed by atoms with Gasteiger partial charge in [-0.2, -0.15) is 0 Å². The van der Waals surface area contributed by atoms with E-state index in [2.05, 4.69) is 15.6 Å². The highest BCUT2D eigenvalue weighted by Gasteiger charge is 2.15. The average Bonchev–Trinajstić information content (AvgIpc) is 2.54. The van der Waals surface area contributed by atoms with Gasteiger partial charge >= 0.3 is 6.09 Å². The van der Waals surface area contributed by atoms with Crippen LogP contribution < -0.4 is 15.4 Å². The van der Waals surface area contributed by atoms with Gasteiger partial charge in [0.05, 0.1) is 6.54 Å². The number of carbonyl (C=O) groups excluding carboxylic acids is 1. The molecule has 0 unspecified atom stereocenters. The van der Waals surface area contributed by atoms with Crippen LogP contribution in [0.5, 0.6) is 5.75 Å². The van der Waals surface area contributed by atoms with E-state index in [0.717, 1.165) is 11.7 Å². The molecule has 0 aliphatic rings. The highest BCUT2D eigenvalue weighted by atomic mass is 16.6.